The van der Waals surface area contributed by atoms with Gasteiger partial charge in [-0.15, -0.1) is 11.3 Å². The number of amides is 1. The summed E-state index contributed by atoms with van der Waals surface area (Å²) in [5.74, 6) is -0.102. The van der Waals surface area contributed by atoms with Gasteiger partial charge in [-0.1, -0.05) is 18.6 Å². The second kappa shape index (κ2) is 9.50. The molecule has 1 unspecified atom stereocenters. The van der Waals surface area contributed by atoms with Crippen LogP contribution in [0.4, 0.5) is 5.69 Å². The lowest BCUT2D eigenvalue weighted by atomic mass is 10.2. The van der Waals surface area contributed by atoms with Gasteiger partial charge < -0.3 is 5.32 Å². The first kappa shape index (κ1) is 22.5. The third-order valence-electron chi connectivity index (χ3n) is 6.40. The number of rotatable bonds is 6. The van der Waals surface area contributed by atoms with Gasteiger partial charge in [0.1, 0.15) is 5.01 Å². The largest absolute Gasteiger partial charge is 0.325 e. The Hall–Kier alpha value is -2.33. The molecule has 3 heterocycles. The molecule has 0 spiro atoms. The molecule has 5 rings (SSSR count). The number of para-hydroxylation sites is 1. The van der Waals surface area contributed by atoms with Crippen LogP contribution in [0.15, 0.2) is 53.4 Å². The summed E-state index contributed by atoms with van der Waals surface area (Å²) in [4.78, 5) is 20.0. The fraction of sp³-hybridized carbons (Fsp3) is 0.417. The predicted molar refractivity (Wildman–Crippen MR) is 131 cm³/mol. The number of aromatic nitrogens is 1. The molecule has 0 radical (unpaired) electrons. The number of carbonyl (C=O) groups is 1. The molecule has 1 N–H and O–H groups in total. The van der Waals surface area contributed by atoms with Crippen molar-refractivity contribution in [2.45, 2.75) is 43.0 Å². The minimum atomic E-state index is -3.47. The SMILES string of the molecule is O=C(CN1CCCC1c1nc2ccccc2s1)Nc1ccc(S(=O)(=O)N2CCCCC2)cc1. The highest BCUT2D eigenvalue weighted by molar-refractivity contribution is 7.89. The van der Waals surface area contributed by atoms with Gasteiger partial charge in [0.2, 0.25) is 15.9 Å². The lowest BCUT2D eigenvalue weighted by Crippen LogP contribution is -2.35. The van der Waals surface area contributed by atoms with Crippen molar-refractivity contribution < 1.29 is 13.2 Å². The van der Waals surface area contributed by atoms with E-state index in [9.17, 15) is 13.2 Å². The first-order valence-corrected chi connectivity index (χ1v) is 13.8. The summed E-state index contributed by atoms with van der Waals surface area (Å²) >= 11 is 1.70. The summed E-state index contributed by atoms with van der Waals surface area (Å²) in [5.41, 5.74) is 1.61. The van der Waals surface area contributed by atoms with Crippen molar-refractivity contribution in [3.63, 3.8) is 0 Å². The van der Waals surface area contributed by atoms with Gasteiger partial charge in [-0.25, -0.2) is 13.4 Å². The highest BCUT2D eigenvalue weighted by Gasteiger charge is 2.30. The summed E-state index contributed by atoms with van der Waals surface area (Å²) in [6, 6.07) is 14.8. The van der Waals surface area contributed by atoms with Gasteiger partial charge in [0.05, 0.1) is 27.7 Å². The van der Waals surface area contributed by atoms with E-state index in [4.69, 9.17) is 4.98 Å². The van der Waals surface area contributed by atoms with E-state index in [-0.39, 0.29) is 23.4 Å². The molecule has 3 aromatic rings. The molecule has 2 aromatic carbocycles. The Balaban J connectivity index is 1.22. The Kier molecular flexibility index (Phi) is 6.47. The van der Waals surface area contributed by atoms with E-state index in [0.29, 0.717) is 18.8 Å². The van der Waals surface area contributed by atoms with Crippen molar-refractivity contribution >= 4 is 43.2 Å². The van der Waals surface area contributed by atoms with Crippen LogP contribution in [0.5, 0.6) is 0 Å². The molecule has 2 saturated heterocycles. The Morgan fingerprint density at radius 3 is 2.52 bits per heavy atom. The van der Waals surface area contributed by atoms with Crippen LogP contribution in [0.1, 0.15) is 43.2 Å². The summed E-state index contributed by atoms with van der Waals surface area (Å²) < 4.78 is 28.4. The standard InChI is InChI=1S/C24H28N4O3S2/c29-23(17-27-14-6-8-21(27)24-26-20-7-2-3-9-22(20)32-24)25-18-10-12-19(13-11-18)33(30,31)28-15-4-1-5-16-28/h2-3,7,9-13,21H,1,4-6,8,14-17H2,(H,25,29). The Labute approximate surface area is 198 Å². The van der Waals surface area contributed by atoms with Crippen molar-refractivity contribution in [2.24, 2.45) is 0 Å². The Morgan fingerprint density at radius 1 is 1.00 bits per heavy atom. The van der Waals surface area contributed by atoms with Gasteiger partial charge in [0.25, 0.3) is 0 Å². The quantitative estimate of drug-likeness (QED) is 0.566. The molecule has 0 saturated carbocycles. The summed E-state index contributed by atoms with van der Waals surface area (Å²) in [7, 11) is -3.47. The zero-order valence-electron chi connectivity index (χ0n) is 18.4. The smallest absolute Gasteiger partial charge is 0.243 e. The van der Waals surface area contributed by atoms with E-state index in [1.165, 1.54) is 4.70 Å². The third kappa shape index (κ3) is 4.82. The van der Waals surface area contributed by atoms with Crippen LogP contribution in [-0.2, 0) is 14.8 Å². The first-order chi connectivity index (χ1) is 16.0. The number of hydrogen-bond donors (Lipinski definition) is 1. The number of fused-ring (bicyclic) bond motifs is 1. The van der Waals surface area contributed by atoms with Crippen LogP contribution in [0.3, 0.4) is 0 Å². The highest BCUT2D eigenvalue weighted by atomic mass is 32.2. The minimum absolute atomic E-state index is 0.102. The Bertz CT molecular complexity index is 1200. The monoisotopic (exact) mass is 484 g/mol. The molecule has 2 aliphatic rings. The average Bonchev–Trinajstić information content (AvgIpc) is 3.46. The molecule has 0 bridgehead atoms. The van der Waals surface area contributed by atoms with Gasteiger partial charge >= 0.3 is 0 Å². The van der Waals surface area contributed by atoms with Crippen molar-refractivity contribution in [3.8, 4) is 0 Å². The zero-order valence-corrected chi connectivity index (χ0v) is 20.1. The third-order valence-corrected chi connectivity index (χ3v) is 9.45. The molecule has 174 valence electrons. The molecule has 2 aliphatic heterocycles. The van der Waals surface area contributed by atoms with Gasteiger partial charge in [-0.3, -0.25) is 9.69 Å². The number of thiazole rings is 1. The molecule has 1 amide bonds. The van der Waals surface area contributed by atoms with E-state index in [1.807, 2.05) is 18.2 Å². The molecule has 1 atom stereocenters. The minimum Gasteiger partial charge on any atom is -0.325 e. The number of nitrogens with one attached hydrogen (secondary N) is 1. The van der Waals surface area contributed by atoms with Crippen molar-refractivity contribution in [1.29, 1.82) is 0 Å². The second-order valence-electron chi connectivity index (χ2n) is 8.69. The molecule has 33 heavy (non-hydrogen) atoms. The summed E-state index contributed by atoms with van der Waals surface area (Å²) in [5, 5.41) is 3.98. The van der Waals surface area contributed by atoms with Gasteiger partial charge in [0.15, 0.2) is 0 Å². The van der Waals surface area contributed by atoms with Crippen LogP contribution >= 0.6 is 11.3 Å². The fourth-order valence-corrected chi connectivity index (χ4v) is 7.33. The van der Waals surface area contributed by atoms with Crippen LogP contribution < -0.4 is 5.32 Å². The van der Waals surface area contributed by atoms with Crippen LogP contribution in [0.2, 0.25) is 0 Å². The average molecular weight is 485 g/mol. The van der Waals surface area contributed by atoms with Gasteiger partial charge in [-0.2, -0.15) is 4.31 Å². The number of benzene rings is 2. The van der Waals surface area contributed by atoms with E-state index >= 15 is 0 Å². The molecule has 7 nitrogen and oxygen atoms in total. The van der Waals surface area contributed by atoms with E-state index in [0.717, 1.165) is 49.2 Å². The molecule has 9 heteroatoms. The zero-order chi connectivity index (χ0) is 22.8. The highest BCUT2D eigenvalue weighted by Crippen LogP contribution is 2.36. The molecular formula is C24H28N4O3S2. The summed E-state index contributed by atoms with van der Waals surface area (Å²) in [6.45, 7) is 2.30. The molecular weight excluding hydrogens is 456 g/mol. The van der Waals surface area contributed by atoms with Crippen LogP contribution in [-0.4, -0.2) is 54.7 Å². The number of likely N-dealkylation sites (tertiary alicyclic amines) is 1. The molecule has 1 aromatic heterocycles. The van der Waals surface area contributed by atoms with Crippen LogP contribution in [0.25, 0.3) is 10.2 Å². The predicted octanol–water partition coefficient (Wildman–Crippen LogP) is 4.25. The maximum absolute atomic E-state index is 12.8. The maximum Gasteiger partial charge on any atom is 0.243 e. The number of hydrogen-bond acceptors (Lipinski definition) is 6. The topological polar surface area (TPSA) is 82.6 Å². The lowest BCUT2D eigenvalue weighted by Gasteiger charge is -2.26. The first-order valence-electron chi connectivity index (χ1n) is 11.5. The number of nitrogens with zero attached hydrogens (tertiary/aromatic N) is 3. The van der Waals surface area contributed by atoms with E-state index in [2.05, 4.69) is 16.3 Å². The number of sulfonamides is 1. The fourth-order valence-electron chi connectivity index (χ4n) is 4.68. The van der Waals surface area contributed by atoms with Gasteiger partial charge in [0, 0.05) is 18.8 Å². The number of anilines is 1. The summed E-state index contributed by atoms with van der Waals surface area (Å²) in [6.07, 6.45) is 4.92. The lowest BCUT2D eigenvalue weighted by molar-refractivity contribution is -0.117. The van der Waals surface area contributed by atoms with Gasteiger partial charge in [-0.05, 0) is 68.6 Å². The van der Waals surface area contributed by atoms with E-state index in [1.54, 1.807) is 39.9 Å². The maximum atomic E-state index is 12.8. The Morgan fingerprint density at radius 2 is 1.76 bits per heavy atom. The number of carbonyl (C=O) groups excluding carboxylic acids is 1. The number of piperidine rings is 1. The van der Waals surface area contributed by atoms with Crippen molar-refractivity contribution in [2.75, 3.05) is 31.5 Å². The normalized spacial score (nSPS) is 20.3. The second-order valence-corrected chi connectivity index (χ2v) is 11.7. The molecule has 2 fully saturated rings. The molecule has 0 aliphatic carbocycles. The van der Waals surface area contributed by atoms with E-state index < -0.39 is 10.0 Å². The van der Waals surface area contributed by atoms with Crippen molar-refractivity contribution in [1.82, 2.24) is 14.2 Å². The van der Waals surface area contributed by atoms with Crippen molar-refractivity contribution in [3.05, 3.63) is 53.5 Å². The van der Waals surface area contributed by atoms with Crippen LogP contribution in [0, 0.1) is 0 Å².